The number of carbonyl (C=O) groups excluding carboxylic acids is 11. The van der Waals surface area contributed by atoms with E-state index in [1.807, 2.05) is 55.4 Å². The molecular formula is C62H111N11O13. The fourth-order valence-corrected chi connectivity index (χ4v) is 10.7. The van der Waals surface area contributed by atoms with Crippen LogP contribution in [-0.4, -0.2) is 238 Å². The minimum atomic E-state index is -1.74. The molecule has 0 aromatic rings. The van der Waals surface area contributed by atoms with Gasteiger partial charge in [-0.25, -0.2) is 0 Å². The van der Waals surface area contributed by atoms with Crippen molar-refractivity contribution in [1.29, 1.82) is 0 Å². The first-order valence-corrected chi connectivity index (χ1v) is 30.6. The standard InChI is InChI=1S/C62H111N11O13/c1-25-26-27-39(14)52(76)51-56(80)66-49(42(17)74)60(84)67(18)32-47(75)68(19)43(28-33(2)3)55(79)65-48(37(10)11)61(85)69(20)44(29-34(4)5)54(78)63-40(15)53(77)64-41(16)57(81)70(21)45(30-35(6)7)58(82)71(22)46(31-36(8)9)59(83)72(23)50(38(12)13)62(86)73(51)24/h25-26,33-46,48-52,74,76H,27-32H2,1-24H3,(H,63,78)(H,64,77)(H,65,79)(H,66,80)/b26-25+/t39-,40+,41-,42+,43+,44+,45+,46+,48+,49+,50+,51+,52-/m1/s1. The van der Waals surface area contributed by atoms with E-state index in [-0.39, 0.29) is 55.8 Å². The minimum absolute atomic E-state index is 0.113. The average Bonchev–Trinajstić information content (AvgIpc) is 2.16. The molecule has 1 fully saturated rings. The van der Waals surface area contributed by atoms with Crippen LogP contribution in [0.1, 0.15) is 150 Å². The number of likely N-dealkylation sites (N-methyl/N-ethyl adjacent to an activating group) is 7. The van der Waals surface area contributed by atoms with Crippen LogP contribution in [0.25, 0.3) is 0 Å². The summed E-state index contributed by atoms with van der Waals surface area (Å²) in [6.45, 7) is 28.5. The van der Waals surface area contributed by atoms with Crippen LogP contribution in [0.3, 0.4) is 0 Å². The van der Waals surface area contributed by atoms with E-state index >= 15 is 9.59 Å². The molecular weight excluding hydrogens is 1110 g/mol. The molecule has 0 aliphatic carbocycles. The van der Waals surface area contributed by atoms with Gasteiger partial charge < -0.3 is 65.8 Å². The zero-order chi connectivity index (χ0) is 66.8. The Morgan fingerprint density at radius 1 is 0.430 bits per heavy atom. The molecule has 1 rings (SSSR count). The van der Waals surface area contributed by atoms with Gasteiger partial charge in [-0.15, -0.1) is 0 Å². The van der Waals surface area contributed by atoms with Crippen molar-refractivity contribution in [3.8, 4) is 0 Å². The lowest BCUT2D eigenvalue weighted by Gasteiger charge is -2.41. The molecule has 0 aromatic heterocycles. The summed E-state index contributed by atoms with van der Waals surface area (Å²) in [6, 6.07) is -13.2. The Morgan fingerprint density at radius 2 is 0.826 bits per heavy atom. The Kier molecular flexibility index (Phi) is 31.7. The Labute approximate surface area is 513 Å². The Morgan fingerprint density at radius 3 is 1.27 bits per heavy atom. The van der Waals surface area contributed by atoms with Crippen LogP contribution in [0.4, 0.5) is 0 Å². The quantitative estimate of drug-likeness (QED) is 0.129. The molecule has 13 atom stereocenters. The predicted octanol–water partition coefficient (Wildman–Crippen LogP) is 2.24. The summed E-state index contributed by atoms with van der Waals surface area (Å²) in [7, 11) is 9.62. The Hall–Kier alpha value is -6.17. The SMILES string of the molecule is C/C=C/C[C@@H](C)[C@@H](O)[C@H]1C(=O)N[C@@H]([C@H](C)O)C(=O)N(C)CC(=O)N(C)[C@@H](CC(C)C)C(=O)N[C@@H](C(C)C)C(=O)N(C)[C@@H](CC(C)C)C(=O)N[C@@H](C)C(=O)N[C@H](C)C(=O)N(C)[C@@H](CC(C)C)C(=O)N(C)[C@@H](CC(C)C)C(=O)N(C)[C@@H](C(C)C)C(=O)N1C. The van der Waals surface area contributed by atoms with Gasteiger partial charge in [-0.05, 0) is 101 Å². The first-order chi connectivity index (χ1) is 39.6. The zero-order valence-electron chi connectivity index (χ0n) is 56.4. The van der Waals surface area contributed by atoms with Crippen LogP contribution in [-0.2, 0) is 52.7 Å². The zero-order valence-corrected chi connectivity index (χ0v) is 56.4. The molecule has 0 aromatic carbocycles. The summed E-state index contributed by atoms with van der Waals surface area (Å²) in [6.07, 6.45) is 1.10. The summed E-state index contributed by atoms with van der Waals surface area (Å²) < 4.78 is 0. The van der Waals surface area contributed by atoms with Gasteiger partial charge in [0.15, 0.2) is 0 Å². The molecule has 86 heavy (non-hydrogen) atoms. The third-order valence-electron chi connectivity index (χ3n) is 16.1. The van der Waals surface area contributed by atoms with E-state index in [1.165, 1.54) is 89.7 Å². The summed E-state index contributed by atoms with van der Waals surface area (Å²) in [5, 5.41) is 34.0. The lowest BCUT2D eigenvalue weighted by atomic mass is 9.91. The van der Waals surface area contributed by atoms with E-state index < -0.39 is 162 Å². The van der Waals surface area contributed by atoms with E-state index in [0.29, 0.717) is 0 Å². The lowest BCUT2D eigenvalue weighted by molar-refractivity contribution is -0.157. The van der Waals surface area contributed by atoms with E-state index in [9.17, 15) is 53.4 Å². The van der Waals surface area contributed by atoms with E-state index in [0.717, 1.165) is 14.7 Å². The minimum Gasteiger partial charge on any atom is -0.391 e. The van der Waals surface area contributed by atoms with Crippen LogP contribution in [0.2, 0.25) is 0 Å². The number of aliphatic hydroxyl groups excluding tert-OH is 2. The second-order valence-corrected chi connectivity index (χ2v) is 26.4. The molecule has 0 saturated carbocycles. The third-order valence-corrected chi connectivity index (χ3v) is 16.1. The average molecular weight is 1220 g/mol. The Bertz CT molecular complexity index is 2360. The molecule has 0 bridgehead atoms. The topological polar surface area (TPSA) is 299 Å². The van der Waals surface area contributed by atoms with Crippen LogP contribution in [0.5, 0.6) is 0 Å². The van der Waals surface area contributed by atoms with Crippen molar-refractivity contribution < 1.29 is 63.0 Å². The summed E-state index contributed by atoms with van der Waals surface area (Å²) in [5.41, 5.74) is 0. The monoisotopic (exact) mass is 1220 g/mol. The molecule has 24 nitrogen and oxygen atoms in total. The van der Waals surface area contributed by atoms with Crippen molar-refractivity contribution in [2.45, 2.75) is 222 Å². The van der Waals surface area contributed by atoms with E-state index in [1.54, 1.807) is 53.7 Å². The number of hydrogen-bond acceptors (Lipinski definition) is 13. The molecule has 0 unspecified atom stereocenters. The van der Waals surface area contributed by atoms with Crippen molar-refractivity contribution in [3.63, 3.8) is 0 Å². The summed E-state index contributed by atoms with van der Waals surface area (Å²) in [4.78, 5) is 168. The van der Waals surface area contributed by atoms with Gasteiger partial charge in [-0.2, -0.15) is 0 Å². The van der Waals surface area contributed by atoms with Crippen LogP contribution in [0.15, 0.2) is 12.2 Å². The van der Waals surface area contributed by atoms with Crippen molar-refractivity contribution in [2.75, 3.05) is 55.9 Å². The fraction of sp³-hybridized carbons (Fsp3) is 0.790. The van der Waals surface area contributed by atoms with Crippen molar-refractivity contribution >= 4 is 65.0 Å². The molecule has 1 aliphatic rings. The number of nitrogens with one attached hydrogen (secondary N) is 4. The number of hydrogen-bond donors (Lipinski definition) is 6. The van der Waals surface area contributed by atoms with Gasteiger partial charge in [0.25, 0.3) is 0 Å². The molecule has 0 radical (unpaired) electrons. The molecule has 1 saturated heterocycles. The molecule has 24 heteroatoms. The fourth-order valence-electron chi connectivity index (χ4n) is 10.7. The van der Waals surface area contributed by atoms with Gasteiger partial charge in [0, 0.05) is 49.3 Å². The summed E-state index contributed by atoms with van der Waals surface area (Å²) in [5.74, 6) is -10.7. The highest BCUT2D eigenvalue weighted by atomic mass is 16.3. The van der Waals surface area contributed by atoms with Crippen molar-refractivity contribution in [3.05, 3.63) is 12.2 Å². The van der Waals surface area contributed by atoms with Crippen molar-refractivity contribution in [1.82, 2.24) is 55.6 Å². The second-order valence-electron chi connectivity index (χ2n) is 26.4. The Balaban J connectivity index is 4.37. The maximum Gasteiger partial charge on any atom is 0.248 e. The maximum atomic E-state index is 15.1. The van der Waals surface area contributed by atoms with Crippen LogP contribution in [0, 0.1) is 41.4 Å². The van der Waals surface area contributed by atoms with Gasteiger partial charge in [0.1, 0.15) is 60.4 Å². The number of amides is 11. The van der Waals surface area contributed by atoms with Gasteiger partial charge in [-0.3, -0.25) is 52.7 Å². The highest BCUT2D eigenvalue weighted by Crippen LogP contribution is 2.26. The van der Waals surface area contributed by atoms with Crippen LogP contribution < -0.4 is 21.3 Å². The van der Waals surface area contributed by atoms with Gasteiger partial charge in [0.05, 0.1) is 18.8 Å². The first kappa shape index (κ1) is 77.8. The number of allylic oxidation sites excluding steroid dienone is 2. The highest BCUT2D eigenvalue weighted by molar-refractivity contribution is 5.99. The van der Waals surface area contributed by atoms with Crippen molar-refractivity contribution in [2.24, 2.45) is 41.4 Å². The smallest absolute Gasteiger partial charge is 0.248 e. The molecule has 1 aliphatic heterocycles. The van der Waals surface area contributed by atoms with Gasteiger partial charge in [0.2, 0.25) is 65.0 Å². The van der Waals surface area contributed by atoms with Crippen LogP contribution >= 0.6 is 0 Å². The molecule has 0 spiro atoms. The number of aliphatic hydroxyl groups is 2. The molecule has 1 heterocycles. The van der Waals surface area contributed by atoms with E-state index in [4.69, 9.17) is 0 Å². The molecule has 492 valence electrons. The normalized spacial score (nSPS) is 27.1. The van der Waals surface area contributed by atoms with Gasteiger partial charge in [-0.1, -0.05) is 102 Å². The number of nitrogens with zero attached hydrogens (tertiary/aromatic N) is 7. The first-order valence-electron chi connectivity index (χ1n) is 30.6. The lowest BCUT2D eigenvalue weighted by Crippen LogP contribution is -2.64. The third kappa shape index (κ3) is 21.6. The largest absolute Gasteiger partial charge is 0.391 e. The molecule has 11 amide bonds. The summed E-state index contributed by atoms with van der Waals surface area (Å²) >= 11 is 0. The number of carbonyl (C=O) groups is 11. The van der Waals surface area contributed by atoms with Gasteiger partial charge >= 0.3 is 0 Å². The highest BCUT2D eigenvalue weighted by Gasteiger charge is 2.46. The maximum absolute atomic E-state index is 15.1. The van der Waals surface area contributed by atoms with E-state index in [2.05, 4.69) is 21.3 Å². The second kappa shape index (κ2) is 35.0. The number of rotatable bonds is 15. The molecule has 6 N–H and O–H groups in total. The predicted molar refractivity (Wildman–Crippen MR) is 330 cm³/mol.